The first kappa shape index (κ1) is 19.6. The predicted molar refractivity (Wildman–Crippen MR) is 62.5 cm³/mol. The smallest absolute Gasteiger partial charge is 0.377 e. The van der Waals surface area contributed by atoms with Gasteiger partial charge in [0.2, 0.25) is 5.76 Å². The first-order valence-electron chi connectivity index (χ1n) is 5.48. The molecule has 1 aliphatic heterocycles. The van der Waals surface area contributed by atoms with Gasteiger partial charge in [-0.25, -0.2) is 14.4 Å². The number of hydrogen-bond donors (Lipinski definition) is 8. The van der Waals surface area contributed by atoms with E-state index in [9.17, 15) is 14.4 Å². The third-order valence-corrected chi connectivity index (χ3v) is 2.28. The molecule has 0 radical (unpaired) electrons. The van der Waals surface area contributed by atoms with Crippen LogP contribution in [-0.4, -0.2) is 89.8 Å². The zero-order valence-electron chi connectivity index (χ0n) is 10.7. The number of carboxylic acid groups (broad SMARTS) is 2. The largest absolute Gasteiger partial charge is 0.505 e. The van der Waals surface area contributed by atoms with Crippen LogP contribution in [0, 0.1) is 0 Å². The molecule has 4 atom stereocenters. The van der Waals surface area contributed by atoms with Crippen LogP contribution in [0.2, 0.25) is 0 Å². The third kappa shape index (κ3) is 4.85. The highest BCUT2D eigenvalue weighted by molar-refractivity contribution is 5.89. The molecular weight excluding hydrogens is 312 g/mol. The van der Waals surface area contributed by atoms with E-state index >= 15 is 0 Å². The van der Waals surface area contributed by atoms with Gasteiger partial charge in [0.15, 0.2) is 24.1 Å². The van der Waals surface area contributed by atoms with Gasteiger partial charge in [0.25, 0.3) is 0 Å². The molecule has 0 amide bonds. The number of aliphatic hydroxyl groups is 6. The van der Waals surface area contributed by atoms with Crippen molar-refractivity contribution in [3.8, 4) is 0 Å². The Hall–Kier alpha value is -2.41. The normalized spacial score (nSPS) is 21.3. The van der Waals surface area contributed by atoms with Crippen molar-refractivity contribution in [3.63, 3.8) is 0 Å². The Morgan fingerprint density at radius 2 is 1.45 bits per heavy atom. The van der Waals surface area contributed by atoms with E-state index in [-0.39, 0.29) is 0 Å². The fourth-order valence-electron chi connectivity index (χ4n) is 1.09. The number of carboxylic acids is 2. The van der Waals surface area contributed by atoms with Crippen LogP contribution in [-0.2, 0) is 19.1 Å². The van der Waals surface area contributed by atoms with E-state index in [2.05, 4.69) is 4.74 Å². The molecule has 12 nitrogen and oxygen atoms in total. The highest BCUT2D eigenvalue weighted by Gasteiger charge is 2.38. The lowest BCUT2D eigenvalue weighted by Gasteiger charge is -2.13. The summed E-state index contributed by atoms with van der Waals surface area (Å²) in [6.45, 7) is -0.671. The monoisotopic (exact) mass is 326 g/mol. The van der Waals surface area contributed by atoms with Gasteiger partial charge in [-0.05, 0) is 0 Å². The van der Waals surface area contributed by atoms with E-state index in [0.717, 1.165) is 0 Å². The first-order chi connectivity index (χ1) is 10.0. The number of ether oxygens (including phenoxy) is 1. The van der Waals surface area contributed by atoms with Crippen LogP contribution < -0.4 is 0 Å². The number of esters is 1. The summed E-state index contributed by atoms with van der Waals surface area (Å²) >= 11 is 0. The van der Waals surface area contributed by atoms with Gasteiger partial charge in [0.1, 0.15) is 6.10 Å². The van der Waals surface area contributed by atoms with Crippen LogP contribution in [0.15, 0.2) is 11.5 Å². The van der Waals surface area contributed by atoms with Crippen LogP contribution in [0.5, 0.6) is 0 Å². The first-order valence-corrected chi connectivity index (χ1v) is 5.48. The Balaban J connectivity index is 0.000000409. The maximum Gasteiger partial charge on any atom is 0.377 e. The minimum absolute atomic E-state index is 0.671. The SMILES string of the molecule is O=C(O)C(O)C(O)C(=O)O.O=C1O[C@H](C(O)CO)C(O)=C1O. The van der Waals surface area contributed by atoms with Gasteiger partial charge < -0.3 is 45.6 Å². The van der Waals surface area contributed by atoms with Crippen LogP contribution in [0.4, 0.5) is 0 Å². The summed E-state index contributed by atoms with van der Waals surface area (Å²) in [6, 6.07) is 0. The Labute approximate surface area is 121 Å². The maximum atomic E-state index is 10.5. The van der Waals surface area contributed by atoms with Crippen molar-refractivity contribution in [2.45, 2.75) is 24.4 Å². The third-order valence-electron chi connectivity index (χ3n) is 2.28. The van der Waals surface area contributed by atoms with Crippen molar-refractivity contribution < 1.29 is 60.0 Å². The lowest BCUT2D eigenvalue weighted by atomic mass is 10.2. The molecule has 0 spiro atoms. The van der Waals surface area contributed by atoms with E-state index in [0.29, 0.717) is 0 Å². The lowest BCUT2D eigenvalue weighted by molar-refractivity contribution is -0.165. The standard InChI is InChI=1S/C6H8O6.C4H6O6/c7-1-2(8)5-3(9)4(10)6(11)12-5;5-1(3(7)8)2(6)4(9)10/h2,5,7-10H,1H2;1-2,5-6H,(H,7,8)(H,9,10)/t2?,5-;/m1./s1. The fraction of sp³-hybridized carbons (Fsp3) is 0.500. The molecule has 0 aromatic carbocycles. The highest BCUT2D eigenvalue weighted by atomic mass is 16.6. The molecule has 0 aromatic heterocycles. The quantitative estimate of drug-likeness (QED) is 0.230. The molecule has 0 saturated heterocycles. The minimum Gasteiger partial charge on any atom is -0.505 e. The number of rotatable bonds is 5. The van der Waals surface area contributed by atoms with E-state index in [4.69, 9.17) is 40.9 Å². The molecule has 1 aliphatic rings. The summed E-state index contributed by atoms with van der Waals surface area (Å²) in [7, 11) is 0. The molecule has 1 heterocycles. The zero-order chi connectivity index (χ0) is 17.6. The molecule has 0 bridgehead atoms. The number of aliphatic hydroxyl groups excluding tert-OH is 6. The Kier molecular flexibility index (Phi) is 7.24. The summed E-state index contributed by atoms with van der Waals surface area (Å²) in [4.78, 5) is 30.1. The van der Waals surface area contributed by atoms with E-state index in [1.807, 2.05) is 0 Å². The van der Waals surface area contributed by atoms with Gasteiger partial charge in [-0.3, -0.25) is 0 Å². The summed E-state index contributed by atoms with van der Waals surface area (Å²) < 4.78 is 4.32. The molecule has 0 fully saturated rings. The van der Waals surface area contributed by atoms with Crippen LogP contribution >= 0.6 is 0 Å². The topological polar surface area (TPSA) is 222 Å². The zero-order valence-corrected chi connectivity index (χ0v) is 10.7. The van der Waals surface area contributed by atoms with Crippen molar-refractivity contribution >= 4 is 17.9 Å². The van der Waals surface area contributed by atoms with E-state index in [1.165, 1.54) is 0 Å². The van der Waals surface area contributed by atoms with Crippen molar-refractivity contribution in [2.24, 2.45) is 0 Å². The van der Waals surface area contributed by atoms with Gasteiger partial charge in [0.05, 0.1) is 6.61 Å². The minimum atomic E-state index is -2.27. The van der Waals surface area contributed by atoms with Gasteiger partial charge in [-0.15, -0.1) is 0 Å². The number of carbonyl (C=O) groups is 3. The predicted octanol–water partition coefficient (Wildman–Crippen LogP) is -3.53. The van der Waals surface area contributed by atoms with Crippen molar-refractivity contribution in [1.82, 2.24) is 0 Å². The fourth-order valence-corrected chi connectivity index (χ4v) is 1.09. The maximum absolute atomic E-state index is 10.5. The van der Waals surface area contributed by atoms with Crippen molar-refractivity contribution in [1.29, 1.82) is 0 Å². The number of cyclic esters (lactones) is 1. The Morgan fingerprint density at radius 3 is 1.68 bits per heavy atom. The van der Waals surface area contributed by atoms with Crippen molar-refractivity contribution in [3.05, 3.63) is 11.5 Å². The molecule has 1 rings (SSSR count). The number of carbonyl (C=O) groups excluding carboxylic acids is 1. The molecule has 126 valence electrons. The summed E-state index contributed by atoms with van der Waals surface area (Å²) in [5.74, 6) is -6.32. The van der Waals surface area contributed by atoms with Crippen LogP contribution in [0.3, 0.4) is 0 Å². The second-order valence-corrected chi connectivity index (χ2v) is 3.88. The van der Waals surface area contributed by atoms with Gasteiger partial charge in [0, 0.05) is 0 Å². The molecule has 0 saturated carbocycles. The second-order valence-electron chi connectivity index (χ2n) is 3.88. The summed E-state index contributed by atoms with van der Waals surface area (Å²) in [5, 5.41) is 67.6. The number of hydrogen-bond acceptors (Lipinski definition) is 10. The Morgan fingerprint density at radius 1 is 1.05 bits per heavy atom. The molecule has 12 heteroatoms. The average Bonchev–Trinajstić information content (AvgIpc) is 2.72. The van der Waals surface area contributed by atoms with Gasteiger partial charge in [-0.2, -0.15) is 0 Å². The van der Waals surface area contributed by atoms with Crippen LogP contribution in [0.25, 0.3) is 0 Å². The number of aliphatic carboxylic acids is 2. The lowest BCUT2D eigenvalue weighted by Crippen LogP contribution is -2.39. The molecular formula is C10H14O12. The molecule has 0 aliphatic carbocycles. The molecule has 8 N–H and O–H groups in total. The van der Waals surface area contributed by atoms with E-state index < -0.39 is 60.4 Å². The van der Waals surface area contributed by atoms with Gasteiger partial charge >= 0.3 is 17.9 Å². The Bertz CT molecular complexity index is 451. The molecule has 22 heavy (non-hydrogen) atoms. The van der Waals surface area contributed by atoms with Crippen molar-refractivity contribution in [2.75, 3.05) is 6.61 Å². The molecule has 0 aromatic rings. The van der Waals surface area contributed by atoms with Crippen LogP contribution in [0.1, 0.15) is 0 Å². The highest BCUT2D eigenvalue weighted by Crippen LogP contribution is 2.20. The average molecular weight is 326 g/mol. The summed E-state index contributed by atoms with van der Waals surface area (Å²) in [5.41, 5.74) is 0. The summed E-state index contributed by atoms with van der Waals surface area (Å²) in [6.07, 6.45) is -7.31. The second kappa shape index (κ2) is 8.14. The van der Waals surface area contributed by atoms with E-state index in [1.54, 1.807) is 0 Å². The molecule has 3 unspecified atom stereocenters. The van der Waals surface area contributed by atoms with Gasteiger partial charge in [-0.1, -0.05) is 0 Å².